The molecule has 0 spiro atoms. The summed E-state index contributed by atoms with van der Waals surface area (Å²) < 4.78 is 11.0. The highest BCUT2D eigenvalue weighted by Gasteiger charge is 2.05. The summed E-state index contributed by atoms with van der Waals surface area (Å²) in [6.07, 6.45) is 0. The molecule has 0 aromatic heterocycles. The van der Waals surface area contributed by atoms with Crippen LogP contribution < -0.4 is 14.8 Å². The maximum Gasteiger partial charge on any atom is 0.262 e. The van der Waals surface area contributed by atoms with E-state index in [1.165, 1.54) is 0 Å². The quantitative estimate of drug-likeness (QED) is 0.670. The number of amides is 1. The van der Waals surface area contributed by atoms with E-state index >= 15 is 0 Å². The van der Waals surface area contributed by atoms with Crippen molar-refractivity contribution in [2.24, 2.45) is 0 Å². The van der Waals surface area contributed by atoms with E-state index < -0.39 is 0 Å². The van der Waals surface area contributed by atoms with E-state index in [2.05, 4.69) is 17.4 Å². The molecule has 0 atom stereocenters. The lowest BCUT2D eigenvalue weighted by atomic mass is 10.1. The number of carbonyl (C=O) groups is 1. The van der Waals surface area contributed by atoms with Gasteiger partial charge >= 0.3 is 0 Å². The van der Waals surface area contributed by atoms with Gasteiger partial charge in [0.1, 0.15) is 11.5 Å². The Morgan fingerprint density at radius 1 is 0.808 bits per heavy atom. The lowest BCUT2D eigenvalue weighted by Crippen LogP contribution is -2.20. The summed E-state index contributed by atoms with van der Waals surface area (Å²) in [4.78, 5) is 12.1. The van der Waals surface area contributed by atoms with Crippen molar-refractivity contribution in [1.29, 1.82) is 0 Å². The maximum absolute atomic E-state index is 12.1. The zero-order chi connectivity index (χ0) is 18.2. The normalized spacial score (nSPS) is 10.2. The first-order chi connectivity index (χ1) is 12.7. The van der Waals surface area contributed by atoms with E-state index in [0.717, 1.165) is 16.9 Å². The Bertz CT molecular complexity index is 845. The summed E-state index contributed by atoms with van der Waals surface area (Å²) in [6, 6.07) is 25.1. The van der Waals surface area contributed by atoms with Crippen molar-refractivity contribution in [2.45, 2.75) is 6.92 Å². The zero-order valence-corrected chi connectivity index (χ0v) is 14.6. The number of ether oxygens (including phenoxy) is 2. The first-order valence-electron chi connectivity index (χ1n) is 8.55. The predicted molar refractivity (Wildman–Crippen MR) is 104 cm³/mol. The van der Waals surface area contributed by atoms with E-state index in [4.69, 9.17) is 9.47 Å². The highest BCUT2D eigenvalue weighted by Crippen LogP contribution is 2.22. The van der Waals surface area contributed by atoms with Crippen LogP contribution in [0, 0.1) is 0 Å². The van der Waals surface area contributed by atoms with Crippen LogP contribution in [0.1, 0.15) is 6.92 Å². The molecule has 0 unspecified atom stereocenters. The molecule has 0 bridgehead atoms. The number of benzene rings is 3. The van der Waals surface area contributed by atoms with Crippen LogP contribution in [-0.4, -0.2) is 19.1 Å². The molecule has 3 rings (SSSR count). The summed E-state index contributed by atoms with van der Waals surface area (Å²) in [7, 11) is 0. The molecular formula is C22H21NO3. The number of rotatable bonds is 7. The Morgan fingerprint density at radius 3 is 2.27 bits per heavy atom. The van der Waals surface area contributed by atoms with Crippen LogP contribution in [0.3, 0.4) is 0 Å². The summed E-state index contributed by atoms with van der Waals surface area (Å²) in [6.45, 7) is 2.45. The molecule has 0 saturated heterocycles. The van der Waals surface area contributed by atoms with Gasteiger partial charge in [-0.1, -0.05) is 48.5 Å². The number of hydrogen-bond acceptors (Lipinski definition) is 3. The average molecular weight is 347 g/mol. The molecule has 1 N–H and O–H groups in total. The molecule has 0 saturated carbocycles. The van der Waals surface area contributed by atoms with Gasteiger partial charge in [-0.05, 0) is 42.3 Å². The second-order valence-corrected chi connectivity index (χ2v) is 5.69. The molecule has 3 aromatic carbocycles. The molecule has 1 amide bonds. The maximum atomic E-state index is 12.1. The molecule has 0 heterocycles. The summed E-state index contributed by atoms with van der Waals surface area (Å²) >= 11 is 0. The van der Waals surface area contributed by atoms with Gasteiger partial charge in [0.15, 0.2) is 6.61 Å². The van der Waals surface area contributed by atoms with Crippen LogP contribution in [0.25, 0.3) is 11.1 Å². The van der Waals surface area contributed by atoms with Gasteiger partial charge in [-0.2, -0.15) is 0 Å². The van der Waals surface area contributed by atoms with Gasteiger partial charge in [0.25, 0.3) is 5.91 Å². The van der Waals surface area contributed by atoms with Gasteiger partial charge in [-0.15, -0.1) is 0 Å². The molecule has 3 aromatic rings. The molecular weight excluding hydrogens is 326 g/mol. The van der Waals surface area contributed by atoms with Crippen molar-refractivity contribution < 1.29 is 14.3 Å². The highest BCUT2D eigenvalue weighted by molar-refractivity contribution is 5.92. The van der Waals surface area contributed by atoms with Crippen molar-refractivity contribution in [1.82, 2.24) is 0 Å². The zero-order valence-electron chi connectivity index (χ0n) is 14.6. The van der Waals surface area contributed by atoms with Crippen LogP contribution in [0.15, 0.2) is 78.9 Å². The Kier molecular flexibility index (Phi) is 5.88. The molecule has 0 fully saturated rings. The molecule has 0 aliphatic carbocycles. The number of anilines is 1. The van der Waals surface area contributed by atoms with Crippen molar-refractivity contribution in [3.8, 4) is 22.6 Å². The van der Waals surface area contributed by atoms with E-state index in [9.17, 15) is 4.79 Å². The van der Waals surface area contributed by atoms with Gasteiger partial charge in [-0.3, -0.25) is 4.79 Å². The minimum absolute atomic E-state index is 0.0520. The van der Waals surface area contributed by atoms with Crippen molar-refractivity contribution in [3.05, 3.63) is 78.9 Å². The monoisotopic (exact) mass is 347 g/mol. The van der Waals surface area contributed by atoms with Gasteiger partial charge < -0.3 is 14.8 Å². The lowest BCUT2D eigenvalue weighted by Gasteiger charge is -2.10. The predicted octanol–water partition coefficient (Wildman–Crippen LogP) is 4.77. The summed E-state index contributed by atoms with van der Waals surface area (Å²) in [5, 5.41) is 2.80. The molecule has 0 aliphatic rings. The standard InChI is InChI=1S/C22H21NO3/c1-2-25-21-10-6-9-19(15-21)23-22(24)16-26-20-13-11-18(12-14-20)17-7-4-3-5-8-17/h3-15H,2,16H2,1H3,(H,23,24). The van der Waals surface area contributed by atoms with Crippen LogP contribution in [0.2, 0.25) is 0 Å². The first kappa shape index (κ1) is 17.5. The second-order valence-electron chi connectivity index (χ2n) is 5.69. The van der Waals surface area contributed by atoms with Gasteiger partial charge in [0.2, 0.25) is 0 Å². The van der Waals surface area contributed by atoms with Crippen LogP contribution in [0.5, 0.6) is 11.5 Å². The first-order valence-corrected chi connectivity index (χ1v) is 8.55. The number of nitrogens with one attached hydrogen (secondary N) is 1. The Morgan fingerprint density at radius 2 is 1.54 bits per heavy atom. The molecule has 26 heavy (non-hydrogen) atoms. The lowest BCUT2D eigenvalue weighted by molar-refractivity contribution is -0.118. The minimum atomic E-state index is -0.217. The van der Waals surface area contributed by atoms with E-state index in [1.807, 2.05) is 67.6 Å². The van der Waals surface area contributed by atoms with Gasteiger partial charge in [0, 0.05) is 11.8 Å². The fourth-order valence-corrected chi connectivity index (χ4v) is 2.55. The van der Waals surface area contributed by atoms with Crippen LogP contribution in [0.4, 0.5) is 5.69 Å². The smallest absolute Gasteiger partial charge is 0.262 e. The van der Waals surface area contributed by atoms with Crippen molar-refractivity contribution >= 4 is 11.6 Å². The molecule has 4 heteroatoms. The topological polar surface area (TPSA) is 47.6 Å². The SMILES string of the molecule is CCOc1cccc(NC(=O)COc2ccc(-c3ccccc3)cc2)c1. The van der Waals surface area contributed by atoms with Crippen LogP contribution in [-0.2, 0) is 4.79 Å². The van der Waals surface area contributed by atoms with E-state index in [-0.39, 0.29) is 12.5 Å². The highest BCUT2D eigenvalue weighted by atomic mass is 16.5. The second kappa shape index (κ2) is 8.72. The fraction of sp³-hybridized carbons (Fsp3) is 0.136. The third-order valence-electron chi connectivity index (χ3n) is 3.76. The minimum Gasteiger partial charge on any atom is -0.494 e. The molecule has 4 nitrogen and oxygen atoms in total. The molecule has 0 aliphatic heterocycles. The van der Waals surface area contributed by atoms with Crippen LogP contribution >= 0.6 is 0 Å². The fourth-order valence-electron chi connectivity index (χ4n) is 2.55. The third kappa shape index (κ3) is 4.86. The molecule has 0 radical (unpaired) electrons. The number of carbonyl (C=O) groups excluding carboxylic acids is 1. The third-order valence-corrected chi connectivity index (χ3v) is 3.76. The largest absolute Gasteiger partial charge is 0.494 e. The molecule has 132 valence electrons. The van der Waals surface area contributed by atoms with Gasteiger partial charge in [0.05, 0.1) is 6.61 Å². The van der Waals surface area contributed by atoms with Crippen molar-refractivity contribution in [2.75, 3.05) is 18.5 Å². The summed E-state index contributed by atoms with van der Waals surface area (Å²) in [5.41, 5.74) is 2.94. The Hall–Kier alpha value is -3.27. The van der Waals surface area contributed by atoms with E-state index in [1.54, 1.807) is 6.07 Å². The average Bonchev–Trinajstić information content (AvgIpc) is 2.68. The van der Waals surface area contributed by atoms with Crippen molar-refractivity contribution in [3.63, 3.8) is 0 Å². The van der Waals surface area contributed by atoms with E-state index in [0.29, 0.717) is 18.0 Å². The Balaban J connectivity index is 1.54. The summed E-state index contributed by atoms with van der Waals surface area (Å²) in [5.74, 6) is 1.16. The van der Waals surface area contributed by atoms with Gasteiger partial charge in [-0.25, -0.2) is 0 Å². The Labute approximate surface area is 153 Å². The number of hydrogen-bond donors (Lipinski definition) is 1.